The zero-order valence-corrected chi connectivity index (χ0v) is 14.9. The Morgan fingerprint density at radius 1 is 1.08 bits per heavy atom. The molecule has 0 saturated heterocycles. The number of pyridine rings is 1. The van der Waals surface area contributed by atoms with E-state index in [-0.39, 0.29) is 0 Å². The Balaban J connectivity index is 1.81. The maximum Gasteiger partial charge on any atom is 0.140 e. The topological polar surface area (TPSA) is 61.8 Å². The molecule has 1 unspecified atom stereocenters. The number of imidazole rings is 1. The summed E-state index contributed by atoms with van der Waals surface area (Å²) in [6.45, 7) is 2.07. The number of rotatable bonds is 4. The first-order valence-corrected chi connectivity index (χ1v) is 9.17. The Labute approximate surface area is 153 Å². The van der Waals surface area contributed by atoms with Gasteiger partial charge in [0, 0.05) is 23.5 Å². The van der Waals surface area contributed by atoms with E-state index < -0.39 is 6.10 Å². The van der Waals surface area contributed by atoms with Crippen molar-refractivity contribution in [3.63, 3.8) is 0 Å². The molecule has 4 rings (SSSR count). The number of allylic oxidation sites excluding steroid dienone is 1. The van der Waals surface area contributed by atoms with E-state index in [0.717, 1.165) is 47.4 Å². The van der Waals surface area contributed by atoms with Crippen molar-refractivity contribution in [2.45, 2.75) is 38.7 Å². The van der Waals surface area contributed by atoms with Crippen molar-refractivity contribution >= 4 is 0 Å². The number of nitrogens with zero attached hydrogens (tertiary/aromatic N) is 2. The van der Waals surface area contributed by atoms with E-state index in [2.05, 4.69) is 41.2 Å². The lowest BCUT2D eigenvalue weighted by molar-refractivity contribution is 0.199. The molecule has 0 radical (unpaired) electrons. The molecule has 1 atom stereocenters. The Morgan fingerprint density at radius 2 is 1.92 bits per heavy atom. The molecule has 1 aliphatic carbocycles. The largest absolute Gasteiger partial charge is 0.381 e. The number of hydrogen-bond donors (Lipinski definition) is 2. The molecule has 2 N–H and O–H groups in total. The van der Waals surface area contributed by atoms with Gasteiger partial charge in [0.1, 0.15) is 11.9 Å². The van der Waals surface area contributed by atoms with Crippen LogP contribution in [-0.2, 0) is 0 Å². The molecule has 0 spiro atoms. The highest BCUT2D eigenvalue weighted by Crippen LogP contribution is 2.35. The van der Waals surface area contributed by atoms with E-state index in [1.54, 1.807) is 12.4 Å². The quantitative estimate of drug-likeness (QED) is 0.656. The second-order valence-corrected chi connectivity index (χ2v) is 6.88. The highest BCUT2D eigenvalue weighted by Gasteiger charge is 2.22. The van der Waals surface area contributed by atoms with Gasteiger partial charge in [0.25, 0.3) is 0 Å². The summed E-state index contributed by atoms with van der Waals surface area (Å²) in [6.07, 6.45) is 9.34. The van der Waals surface area contributed by atoms with Crippen LogP contribution in [0.15, 0.2) is 60.4 Å². The maximum absolute atomic E-state index is 10.9. The summed E-state index contributed by atoms with van der Waals surface area (Å²) in [5, 5.41) is 10.9. The third-order valence-electron chi connectivity index (χ3n) is 4.92. The molecule has 0 fully saturated rings. The van der Waals surface area contributed by atoms with Crippen molar-refractivity contribution in [3.05, 3.63) is 71.8 Å². The fraction of sp³-hybridized carbons (Fsp3) is 0.273. The van der Waals surface area contributed by atoms with Gasteiger partial charge < -0.3 is 10.1 Å². The number of benzene rings is 1. The molecular formula is C22H23N3O. The van der Waals surface area contributed by atoms with Crippen LogP contribution in [0.5, 0.6) is 0 Å². The van der Waals surface area contributed by atoms with E-state index in [0.29, 0.717) is 5.82 Å². The fourth-order valence-electron chi connectivity index (χ4n) is 3.54. The number of aryl methyl sites for hydroxylation is 1. The number of aromatic amines is 1. The number of aliphatic hydroxyl groups is 1. The predicted molar refractivity (Wildman–Crippen MR) is 104 cm³/mol. The van der Waals surface area contributed by atoms with Gasteiger partial charge in [-0.25, -0.2) is 4.98 Å². The van der Waals surface area contributed by atoms with Crippen LogP contribution in [0.2, 0.25) is 0 Å². The number of aliphatic hydroxyl groups excluding tert-OH is 1. The molecule has 0 aliphatic heterocycles. The van der Waals surface area contributed by atoms with Crippen LogP contribution in [0.3, 0.4) is 0 Å². The van der Waals surface area contributed by atoms with Crippen LogP contribution in [-0.4, -0.2) is 20.1 Å². The molecule has 1 aliphatic rings. The molecule has 1 aromatic carbocycles. The van der Waals surface area contributed by atoms with Gasteiger partial charge in [-0.05, 0) is 56.4 Å². The first-order valence-electron chi connectivity index (χ1n) is 9.17. The number of hydrogen-bond acceptors (Lipinski definition) is 3. The van der Waals surface area contributed by atoms with E-state index in [9.17, 15) is 5.11 Å². The van der Waals surface area contributed by atoms with Gasteiger partial charge in [-0.1, -0.05) is 29.8 Å². The fourth-order valence-corrected chi connectivity index (χ4v) is 3.54. The second-order valence-electron chi connectivity index (χ2n) is 6.88. The van der Waals surface area contributed by atoms with Gasteiger partial charge in [-0.15, -0.1) is 0 Å². The van der Waals surface area contributed by atoms with Crippen molar-refractivity contribution in [1.29, 1.82) is 0 Å². The average molecular weight is 345 g/mol. The van der Waals surface area contributed by atoms with Gasteiger partial charge in [0.05, 0.1) is 11.4 Å². The normalized spacial score (nSPS) is 15.5. The van der Waals surface area contributed by atoms with Crippen LogP contribution >= 0.6 is 0 Å². The molecule has 26 heavy (non-hydrogen) atoms. The molecule has 3 aromatic rings. The van der Waals surface area contributed by atoms with Gasteiger partial charge in [0.2, 0.25) is 0 Å². The van der Waals surface area contributed by atoms with E-state index in [4.69, 9.17) is 4.98 Å². The van der Waals surface area contributed by atoms with E-state index in [1.807, 2.05) is 18.2 Å². The third kappa shape index (κ3) is 3.33. The minimum Gasteiger partial charge on any atom is -0.381 e. The molecule has 2 aromatic heterocycles. The van der Waals surface area contributed by atoms with Crippen molar-refractivity contribution < 1.29 is 5.11 Å². The number of nitrogens with one attached hydrogen (secondary N) is 1. The Kier molecular flexibility index (Phi) is 4.67. The van der Waals surface area contributed by atoms with Crippen LogP contribution < -0.4 is 0 Å². The van der Waals surface area contributed by atoms with Gasteiger partial charge >= 0.3 is 0 Å². The summed E-state index contributed by atoms with van der Waals surface area (Å²) < 4.78 is 0. The Morgan fingerprint density at radius 3 is 2.65 bits per heavy atom. The maximum atomic E-state index is 10.9. The molecule has 0 saturated carbocycles. The smallest absolute Gasteiger partial charge is 0.140 e. The molecule has 2 heterocycles. The molecule has 0 amide bonds. The Hall–Kier alpha value is -2.72. The molecule has 4 heteroatoms. The van der Waals surface area contributed by atoms with Gasteiger partial charge in [-0.3, -0.25) is 4.98 Å². The predicted octanol–water partition coefficient (Wildman–Crippen LogP) is 4.98. The van der Waals surface area contributed by atoms with Crippen LogP contribution in [0.1, 0.15) is 43.2 Å². The summed E-state index contributed by atoms with van der Waals surface area (Å²) in [7, 11) is 0. The van der Waals surface area contributed by atoms with Crippen molar-refractivity contribution in [1.82, 2.24) is 15.0 Å². The average Bonchev–Trinajstić information content (AvgIpc) is 3.14. The van der Waals surface area contributed by atoms with E-state index >= 15 is 0 Å². The summed E-state index contributed by atoms with van der Waals surface area (Å²) in [6, 6.07) is 12.2. The number of H-pyrrole nitrogens is 1. The first-order chi connectivity index (χ1) is 12.7. The highest BCUT2D eigenvalue weighted by molar-refractivity contribution is 5.78. The van der Waals surface area contributed by atoms with Crippen molar-refractivity contribution in [3.8, 4) is 22.5 Å². The monoisotopic (exact) mass is 345 g/mol. The minimum atomic E-state index is -0.672. The summed E-state index contributed by atoms with van der Waals surface area (Å²) in [4.78, 5) is 12.3. The van der Waals surface area contributed by atoms with Gasteiger partial charge in [-0.2, -0.15) is 0 Å². The van der Waals surface area contributed by atoms with E-state index in [1.165, 1.54) is 12.0 Å². The summed E-state index contributed by atoms with van der Waals surface area (Å²) >= 11 is 0. The highest BCUT2D eigenvalue weighted by atomic mass is 16.3. The number of aromatic nitrogens is 3. The summed E-state index contributed by atoms with van der Waals surface area (Å²) in [5.74, 6) is 0.612. The van der Waals surface area contributed by atoms with Crippen LogP contribution in [0, 0.1) is 6.92 Å². The SMILES string of the molecule is Cc1cccc(-c2nc(C(O)C3=CCCCC3)[nH]c2-c2ccncc2)c1. The zero-order valence-electron chi connectivity index (χ0n) is 14.9. The van der Waals surface area contributed by atoms with Gasteiger partial charge in [0.15, 0.2) is 0 Å². The Bertz CT molecular complexity index is 928. The second kappa shape index (κ2) is 7.26. The minimum absolute atomic E-state index is 0.612. The van der Waals surface area contributed by atoms with Crippen LogP contribution in [0.25, 0.3) is 22.5 Å². The molecule has 132 valence electrons. The molecular weight excluding hydrogens is 322 g/mol. The lowest BCUT2D eigenvalue weighted by atomic mass is 9.95. The van der Waals surface area contributed by atoms with Crippen molar-refractivity contribution in [2.24, 2.45) is 0 Å². The third-order valence-corrected chi connectivity index (χ3v) is 4.92. The summed E-state index contributed by atoms with van der Waals surface area (Å²) in [5.41, 5.74) is 6.10. The van der Waals surface area contributed by atoms with Crippen molar-refractivity contribution in [2.75, 3.05) is 0 Å². The zero-order chi connectivity index (χ0) is 17.9. The first kappa shape index (κ1) is 16.7. The molecule has 0 bridgehead atoms. The van der Waals surface area contributed by atoms with Crippen LogP contribution in [0.4, 0.5) is 0 Å². The lowest BCUT2D eigenvalue weighted by Crippen LogP contribution is -2.06. The molecule has 4 nitrogen and oxygen atoms in total. The lowest BCUT2D eigenvalue weighted by Gasteiger charge is -2.16. The standard InChI is InChI=1S/C22H23N3O/c1-15-6-5-9-18(14-15)20-19(16-10-12-23-13-11-16)24-22(25-20)21(26)17-7-3-2-4-8-17/h5-7,9-14,21,26H,2-4,8H2,1H3,(H,24,25).